The van der Waals surface area contributed by atoms with E-state index in [1.165, 1.54) is 6.07 Å². The number of rotatable bonds is 5. The van der Waals surface area contributed by atoms with Crippen molar-refractivity contribution in [3.05, 3.63) is 65.9 Å². The minimum absolute atomic E-state index is 0.00559. The number of aromatic nitrogens is 4. The minimum atomic E-state index is -0.304. The summed E-state index contributed by atoms with van der Waals surface area (Å²) in [6, 6.07) is 8.66. The van der Waals surface area contributed by atoms with Gasteiger partial charge in [-0.25, -0.2) is 4.39 Å². The summed E-state index contributed by atoms with van der Waals surface area (Å²) in [6.45, 7) is 4.27. The van der Waals surface area contributed by atoms with Crippen molar-refractivity contribution < 1.29 is 9.50 Å². The standard InChI is InChI=1S/C21H20FN5O/c1-13-3-4-16(22)15(9-13)19-10-18(14(2)11-24-19)25-17-5-6-23-20-12-27(7-8-28)26-21(17)20/h3-6,9-12,28H,7-8H2,1-2H3,(H,24,25). The van der Waals surface area contributed by atoms with Crippen LogP contribution >= 0.6 is 0 Å². The molecule has 0 aliphatic carbocycles. The molecule has 3 heterocycles. The van der Waals surface area contributed by atoms with Crippen LogP contribution in [-0.2, 0) is 6.54 Å². The molecule has 4 rings (SSSR count). The first-order valence-corrected chi connectivity index (χ1v) is 8.98. The van der Waals surface area contributed by atoms with Crippen LogP contribution in [0, 0.1) is 19.7 Å². The minimum Gasteiger partial charge on any atom is -0.394 e. The highest BCUT2D eigenvalue weighted by molar-refractivity contribution is 5.89. The topological polar surface area (TPSA) is 75.9 Å². The van der Waals surface area contributed by atoms with Crippen molar-refractivity contribution in [3.8, 4) is 11.3 Å². The maximum absolute atomic E-state index is 14.3. The van der Waals surface area contributed by atoms with Crippen molar-refractivity contribution in [2.24, 2.45) is 0 Å². The zero-order chi connectivity index (χ0) is 19.7. The number of benzene rings is 1. The Labute approximate surface area is 161 Å². The quantitative estimate of drug-likeness (QED) is 0.550. The first-order valence-electron chi connectivity index (χ1n) is 8.98. The molecule has 0 saturated carbocycles. The number of aliphatic hydroxyl groups excluding tert-OH is 1. The van der Waals surface area contributed by atoms with Gasteiger partial charge < -0.3 is 10.4 Å². The Kier molecular flexibility index (Phi) is 4.75. The van der Waals surface area contributed by atoms with Crippen molar-refractivity contribution in [2.45, 2.75) is 20.4 Å². The maximum atomic E-state index is 14.3. The van der Waals surface area contributed by atoms with Crippen LogP contribution in [0.3, 0.4) is 0 Å². The summed E-state index contributed by atoms with van der Waals surface area (Å²) in [7, 11) is 0. The zero-order valence-corrected chi connectivity index (χ0v) is 15.6. The van der Waals surface area contributed by atoms with E-state index in [1.54, 1.807) is 35.4 Å². The lowest BCUT2D eigenvalue weighted by molar-refractivity contribution is 0.270. The Bertz CT molecular complexity index is 1150. The van der Waals surface area contributed by atoms with E-state index in [2.05, 4.69) is 20.4 Å². The van der Waals surface area contributed by atoms with E-state index >= 15 is 0 Å². The highest BCUT2D eigenvalue weighted by Gasteiger charge is 2.12. The number of aryl methyl sites for hydroxylation is 2. The largest absolute Gasteiger partial charge is 0.394 e. The molecular weight excluding hydrogens is 357 g/mol. The molecule has 0 unspecified atom stereocenters. The van der Waals surface area contributed by atoms with Gasteiger partial charge in [0.1, 0.15) is 16.9 Å². The number of nitrogens with zero attached hydrogens (tertiary/aromatic N) is 4. The average molecular weight is 377 g/mol. The fourth-order valence-electron chi connectivity index (χ4n) is 3.07. The Hall–Kier alpha value is -3.32. The SMILES string of the molecule is Cc1ccc(F)c(-c2cc(Nc3ccnc4cn(CCO)nc34)c(C)cn2)c1. The van der Waals surface area contributed by atoms with Crippen molar-refractivity contribution in [2.75, 3.05) is 11.9 Å². The van der Waals surface area contributed by atoms with Crippen LogP contribution in [0.5, 0.6) is 0 Å². The van der Waals surface area contributed by atoms with Crippen LogP contribution in [0.4, 0.5) is 15.8 Å². The van der Waals surface area contributed by atoms with Crippen LogP contribution in [-0.4, -0.2) is 31.5 Å². The lowest BCUT2D eigenvalue weighted by Gasteiger charge is -2.12. The third-order valence-electron chi connectivity index (χ3n) is 4.55. The van der Waals surface area contributed by atoms with Gasteiger partial charge in [0.25, 0.3) is 0 Å². The monoisotopic (exact) mass is 377 g/mol. The summed E-state index contributed by atoms with van der Waals surface area (Å²) >= 11 is 0. The van der Waals surface area contributed by atoms with Gasteiger partial charge in [-0.05, 0) is 43.7 Å². The highest BCUT2D eigenvalue weighted by Crippen LogP contribution is 2.30. The van der Waals surface area contributed by atoms with Crippen LogP contribution in [0.1, 0.15) is 11.1 Å². The third-order valence-corrected chi connectivity index (χ3v) is 4.55. The van der Waals surface area contributed by atoms with Gasteiger partial charge in [0, 0.05) is 23.6 Å². The molecule has 28 heavy (non-hydrogen) atoms. The second kappa shape index (κ2) is 7.36. The number of anilines is 2. The molecule has 3 aromatic heterocycles. The van der Waals surface area contributed by atoms with Crippen LogP contribution < -0.4 is 5.32 Å². The van der Waals surface area contributed by atoms with E-state index in [9.17, 15) is 4.39 Å². The number of hydrogen-bond acceptors (Lipinski definition) is 5. The average Bonchev–Trinajstić information content (AvgIpc) is 3.09. The highest BCUT2D eigenvalue weighted by atomic mass is 19.1. The molecule has 4 aromatic rings. The molecule has 0 aliphatic rings. The lowest BCUT2D eigenvalue weighted by Crippen LogP contribution is -2.02. The molecule has 0 amide bonds. The van der Waals surface area contributed by atoms with Crippen molar-refractivity contribution in [3.63, 3.8) is 0 Å². The van der Waals surface area contributed by atoms with Gasteiger partial charge in [0.15, 0.2) is 0 Å². The molecule has 0 fully saturated rings. The molecule has 1 aromatic carbocycles. The van der Waals surface area contributed by atoms with Crippen molar-refractivity contribution >= 4 is 22.4 Å². The first kappa shape index (κ1) is 18.1. The second-order valence-corrected chi connectivity index (χ2v) is 6.70. The molecule has 0 bridgehead atoms. The van der Waals surface area contributed by atoms with Gasteiger partial charge in [-0.1, -0.05) is 11.6 Å². The fourth-order valence-corrected chi connectivity index (χ4v) is 3.07. The van der Waals surface area contributed by atoms with Gasteiger partial charge in [-0.3, -0.25) is 14.6 Å². The molecule has 2 N–H and O–H groups in total. The van der Waals surface area contributed by atoms with Gasteiger partial charge in [-0.15, -0.1) is 0 Å². The number of pyridine rings is 2. The van der Waals surface area contributed by atoms with Crippen molar-refractivity contribution in [1.82, 2.24) is 19.7 Å². The molecule has 0 spiro atoms. The summed E-state index contributed by atoms with van der Waals surface area (Å²) in [4.78, 5) is 8.73. The van der Waals surface area contributed by atoms with Gasteiger partial charge >= 0.3 is 0 Å². The van der Waals surface area contributed by atoms with E-state index in [4.69, 9.17) is 5.11 Å². The molecule has 0 aliphatic heterocycles. The van der Waals surface area contributed by atoms with E-state index in [0.717, 1.165) is 28.0 Å². The van der Waals surface area contributed by atoms with Gasteiger partial charge in [-0.2, -0.15) is 5.10 Å². The Morgan fingerprint density at radius 3 is 2.79 bits per heavy atom. The van der Waals surface area contributed by atoms with Crippen LogP contribution in [0.15, 0.2) is 48.9 Å². The number of aliphatic hydroxyl groups is 1. The number of nitrogens with one attached hydrogen (secondary N) is 1. The lowest BCUT2D eigenvalue weighted by atomic mass is 10.1. The molecule has 142 valence electrons. The molecule has 7 heteroatoms. The Balaban J connectivity index is 1.74. The second-order valence-electron chi connectivity index (χ2n) is 6.70. The molecular formula is C21H20FN5O. The van der Waals surface area contributed by atoms with E-state index in [-0.39, 0.29) is 12.4 Å². The number of hydrogen-bond donors (Lipinski definition) is 2. The van der Waals surface area contributed by atoms with E-state index in [1.807, 2.05) is 26.0 Å². The van der Waals surface area contributed by atoms with Crippen molar-refractivity contribution in [1.29, 1.82) is 0 Å². The van der Waals surface area contributed by atoms with E-state index in [0.29, 0.717) is 23.3 Å². The third kappa shape index (κ3) is 3.44. The molecule has 0 saturated heterocycles. The molecule has 0 radical (unpaired) electrons. The predicted molar refractivity (Wildman–Crippen MR) is 107 cm³/mol. The van der Waals surface area contributed by atoms with Gasteiger partial charge in [0.2, 0.25) is 0 Å². The Morgan fingerprint density at radius 1 is 1.11 bits per heavy atom. The zero-order valence-electron chi connectivity index (χ0n) is 15.6. The number of fused-ring (bicyclic) bond motifs is 1. The van der Waals surface area contributed by atoms with Crippen LogP contribution in [0.25, 0.3) is 22.3 Å². The summed E-state index contributed by atoms with van der Waals surface area (Å²) in [5, 5.41) is 17.0. The summed E-state index contributed by atoms with van der Waals surface area (Å²) < 4.78 is 16.0. The summed E-state index contributed by atoms with van der Waals surface area (Å²) in [5.74, 6) is -0.304. The van der Waals surface area contributed by atoms with Crippen LogP contribution in [0.2, 0.25) is 0 Å². The predicted octanol–water partition coefficient (Wildman–Crippen LogP) is 3.99. The smallest absolute Gasteiger partial charge is 0.134 e. The molecule has 6 nitrogen and oxygen atoms in total. The summed E-state index contributed by atoms with van der Waals surface area (Å²) in [5.41, 5.74) is 5.96. The first-order chi connectivity index (χ1) is 13.5. The number of halogens is 1. The fraction of sp³-hybridized carbons (Fsp3) is 0.190. The summed E-state index contributed by atoms with van der Waals surface area (Å²) in [6.07, 6.45) is 5.22. The Morgan fingerprint density at radius 2 is 1.96 bits per heavy atom. The normalized spacial score (nSPS) is 11.1. The maximum Gasteiger partial charge on any atom is 0.134 e. The van der Waals surface area contributed by atoms with E-state index < -0.39 is 0 Å². The molecule has 0 atom stereocenters. The van der Waals surface area contributed by atoms with Gasteiger partial charge in [0.05, 0.1) is 30.7 Å².